The van der Waals surface area contributed by atoms with E-state index >= 15 is 0 Å². The molecule has 1 aromatic carbocycles. The average molecular weight is 290 g/mol. The fourth-order valence-electron chi connectivity index (χ4n) is 2.49. The second-order valence-electron chi connectivity index (χ2n) is 5.01. The summed E-state index contributed by atoms with van der Waals surface area (Å²) in [6.07, 6.45) is 4.51. The van der Waals surface area contributed by atoms with Crippen LogP contribution in [0.3, 0.4) is 0 Å². The monoisotopic (exact) mass is 289 g/mol. The molecule has 0 atom stereocenters. The molecule has 0 fully saturated rings. The van der Waals surface area contributed by atoms with E-state index in [1.807, 2.05) is 0 Å². The number of rotatable bonds is 3. The number of aromatic nitrogens is 2. The first-order valence-electron chi connectivity index (χ1n) is 6.83. The molecule has 4 nitrogen and oxygen atoms in total. The molecular weight excluding hydrogens is 274 g/mol. The van der Waals surface area contributed by atoms with Crippen LogP contribution in [-0.2, 0) is 19.4 Å². The largest absolute Gasteiger partial charge is 0.345 e. The smallest absolute Gasteiger partial charge is 0.251 e. The van der Waals surface area contributed by atoms with Crippen molar-refractivity contribution >= 4 is 17.5 Å². The van der Waals surface area contributed by atoms with Gasteiger partial charge in [0.25, 0.3) is 5.91 Å². The van der Waals surface area contributed by atoms with Crippen molar-refractivity contribution in [2.45, 2.75) is 32.2 Å². The second-order valence-corrected chi connectivity index (χ2v) is 5.45. The highest BCUT2D eigenvalue weighted by molar-refractivity contribution is 6.30. The molecule has 1 heterocycles. The maximum absolute atomic E-state index is 12.0. The molecule has 0 radical (unpaired) electrons. The highest BCUT2D eigenvalue weighted by Gasteiger charge is 2.14. The van der Waals surface area contributed by atoms with Crippen molar-refractivity contribution in [3.8, 4) is 0 Å². The van der Waals surface area contributed by atoms with Gasteiger partial charge in [-0.2, -0.15) is 0 Å². The summed E-state index contributed by atoms with van der Waals surface area (Å²) in [6.45, 7) is 0.415. The van der Waals surface area contributed by atoms with Gasteiger partial charge in [-0.05, 0) is 43.9 Å². The minimum Gasteiger partial charge on any atom is -0.345 e. The standard InChI is InChI=1S/C15H16ClN3O/c16-11-5-3-4-10(8-11)15(20)17-9-14-18-12-6-1-2-7-13(12)19-14/h3-5,8H,1-2,6-7,9H2,(H,17,20)(H,18,19). The van der Waals surface area contributed by atoms with Crippen molar-refractivity contribution in [2.75, 3.05) is 0 Å². The van der Waals surface area contributed by atoms with Crippen molar-refractivity contribution in [1.82, 2.24) is 15.3 Å². The SMILES string of the molecule is O=C(NCc1nc2c([nH]1)CCCC2)c1cccc(Cl)c1. The van der Waals surface area contributed by atoms with Crippen molar-refractivity contribution in [3.63, 3.8) is 0 Å². The van der Waals surface area contributed by atoms with Gasteiger partial charge in [-0.25, -0.2) is 4.98 Å². The lowest BCUT2D eigenvalue weighted by molar-refractivity contribution is 0.0950. The van der Waals surface area contributed by atoms with Crippen LogP contribution < -0.4 is 5.32 Å². The van der Waals surface area contributed by atoms with Gasteiger partial charge in [0.05, 0.1) is 12.2 Å². The number of nitrogens with one attached hydrogen (secondary N) is 2. The van der Waals surface area contributed by atoms with E-state index in [4.69, 9.17) is 11.6 Å². The minimum absolute atomic E-state index is 0.137. The van der Waals surface area contributed by atoms with E-state index in [0.29, 0.717) is 17.1 Å². The van der Waals surface area contributed by atoms with Gasteiger partial charge in [-0.1, -0.05) is 17.7 Å². The van der Waals surface area contributed by atoms with Crippen LogP contribution in [0.5, 0.6) is 0 Å². The number of carbonyl (C=O) groups is 1. The molecule has 104 valence electrons. The van der Waals surface area contributed by atoms with Crippen LogP contribution in [0.1, 0.15) is 40.4 Å². The number of benzene rings is 1. The normalized spacial score (nSPS) is 13.8. The highest BCUT2D eigenvalue weighted by atomic mass is 35.5. The molecule has 5 heteroatoms. The molecule has 1 aliphatic rings. The number of carbonyl (C=O) groups excluding carboxylic acids is 1. The molecular formula is C15H16ClN3O. The number of imidazole rings is 1. The summed E-state index contributed by atoms with van der Waals surface area (Å²) in [6, 6.07) is 6.92. The Balaban J connectivity index is 1.64. The van der Waals surface area contributed by atoms with Crippen LogP contribution in [0.2, 0.25) is 5.02 Å². The Morgan fingerprint density at radius 1 is 1.35 bits per heavy atom. The van der Waals surface area contributed by atoms with Crippen LogP contribution in [-0.4, -0.2) is 15.9 Å². The Morgan fingerprint density at radius 2 is 2.20 bits per heavy atom. The molecule has 0 spiro atoms. The lowest BCUT2D eigenvalue weighted by atomic mass is 10.0. The summed E-state index contributed by atoms with van der Waals surface area (Å²) in [5.74, 6) is 0.689. The third-order valence-electron chi connectivity index (χ3n) is 3.51. The lowest BCUT2D eigenvalue weighted by Gasteiger charge is -2.07. The first kappa shape index (κ1) is 13.2. The number of aromatic amines is 1. The van der Waals surface area contributed by atoms with Crippen LogP contribution in [0.25, 0.3) is 0 Å². The molecule has 3 rings (SSSR count). The zero-order valence-corrected chi connectivity index (χ0v) is 11.8. The van der Waals surface area contributed by atoms with Gasteiger partial charge < -0.3 is 10.3 Å². The van der Waals surface area contributed by atoms with Crippen LogP contribution in [0, 0.1) is 0 Å². The fourth-order valence-corrected chi connectivity index (χ4v) is 2.68. The zero-order chi connectivity index (χ0) is 13.9. The van der Waals surface area contributed by atoms with Crippen LogP contribution in [0.15, 0.2) is 24.3 Å². The molecule has 2 N–H and O–H groups in total. The number of hydrogen-bond donors (Lipinski definition) is 2. The molecule has 1 aliphatic carbocycles. The number of hydrogen-bond acceptors (Lipinski definition) is 2. The lowest BCUT2D eigenvalue weighted by Crippen LogP contribution is -2.23. The van der Waals surface area contributed by atoms with Crippen LogP contribution >= 0.6 is 11.6 Å². The number of aryl methyl sites for hydroxylation is 2. The Bertz CT molecular complexity index is 612. The first-order valence-corrected chi connectivity index (χ1v) is 7.20. The summed E-state index contributed by atoms with van der Waals surface area (Å²) in [5, 5.41) is 3.42. The predicted molar refractivity (Wildman–Crippen MR) is 77.9 cm³/mol. The number of amides is 1. The molecule has 1 amide bonds. The summed E-state index contributed by atoms with van der Waals surface area (Å²) in [4.78, 5) is 19.8. The van der Waals surface area contributed by atoms with Gasteiger partial charge in [-0.15, -0.1) is 0 Å². The third kappa shape index (κ3) is 2.85. The molecule has 0 bridgehead atoms. The minimum atomic E-state index is -0.137. The Hall–Kier alpha value is -1.81. The van der Waals surface area contributed by atoms with E-state index in [9.17, 15) is 4.79 Å². The third-order valence-corrected chi connectivity index (χ3v) is 3.74. The van der Waals surface area contributed by atoms with Crippen molar-refractivity contribution in [2.24, 2.45) is 0 Å². The summed E-state index contributed by atoms with van der Waals surface area (Å²) in [7, 11) is 0. The van der Waals surface area contributed by atoms with Crippen molar-refractivity contribution < 1.29 is 4.79 Å². The highest BCUT2D eigenvalue weighted by Crippen LogP contribution is 2.18. The Labute approximate surface area is 122 Å². The topological polar surface area (TPSA) is 57.8 Å². The summed E-state index contributed by atoms with van der Waals surface area (Å²) in [5.41, 5.74) is 2.94. The van der Waals surface area contributed by atoms with E-state index in [1.54, 1.807) is 24.3 Å². The number of fused-ring (bicyclic) bond motifs is 1. The average Bonchev–Trinajstić information content (AvgIpc) is 2.87. The van der Waals surface area contributed by atoms with Gasteiger partial charge in [0.1, 0.15) is 5.82 Å². The molecule has 0 saturated carbocycles. The van der Waals surface area contributed by atoms with Crippen LogP contribution in [0.4, 0.5) is 0 Å². The van der Waals surface area contributed by atoms with Crippen molar-refractivity contribution in [3.05, 3.63) is 52.1 Å². The first-order chi connectivity index (χ1) is 9.72. The number of nitrogens with zero attached hydrogens (tertiary/aromatic N) is 1. The molecule has 20 heavy (non-hydrogen) atoms. The summed E-state index contributed by atoms with van der Waals surface area (Å²) < 4.78 is 0. The molecule has 0 aliphatic heterocycles. The van der Waals surface area contributed by atoms with Gasteiger partial charge in [-0.3, -0.25) is 4.79 Å². The number of H-pyrrole nitrogens is 1. The van der Waals surface area contributed by atoms with Gasteiger partial charge in [0.2, 0.25) is 0 Å². The van der Waals surface area contributed by atoms with E-state index in [-0.39, 0.29) is 5.91 Å². The fraction of sp³-hybridized carbons (Fsp3) is 0.333. The maximum atomic E-state index is 12.0. The quantitative estimate of drug-likeness (QED) is 0.913. The van der Waals surface area contributed by atoms with E-state index < -0.39 is 0 Å². The zero-order valence-electron chi connectivity index (χ0n) is 11.1. The number of halogens is 1. The second kappa shape index (κ2) is 5.67. The summed E-state index contributed by atoms with van der Waals surface area (Å²) >= 11 is 5.88. The molecule has 0 unspecified atom stereocenters. The maximum Gasteiger partial charge on any atom is 0.251 e. The van der Waals surface area contributed by atoms with Gasteiger partial charge >= 0.3 is 0 Å². The Morgan fingerprint density at radius 3 is 3.00 bits per heavy atom. The predicted octanol–water partition coefficient (Wildman–Crippen LogP) is 2.87. The van der Waals surface area contributed by atoms with E-state index in [1.165, 1.54) is 18.5 Å². The van der Waals surface area contributed by atoms with Crippen molar-refractivity contribution in [1.29, 1.82) is 0 Å². The van der Waals surface area contributed by atoms with E-state index in [0.717, 1.165) is 24.4 Å². The molecule has 2 aromatic rings. The molecule has 1 aromatic heterocycles. The van der Waals surface area contributed by atoms with E-state index in [2.05, 4.69) is 15.3 Å². The Kier molecular flexibility index (Phi) is 3.74. The van der Waals surface area contributed by atoms with Gasteiger partial charge in [0.15, 0.2) is 0 Å². The molecule has 0 saturated heterocycles. The van der Waals surface area contributed by atoms with Gasteiger partial charge in [0, 0.05) is 16.3 Å².